The van der Waals surface area contributed by atoms with Crippen molar-refractivity contribution in [1.82, 2.24) is 10.3 Å². The fourth-order valence-corrected chi connectivity index (χ4v) is 2.41. The Hall–Kier alpha value is -1.69. The topological polar surface area (TPSA) is 81.2 Å². The van der Waals surface area contributed by atoms with Gasteiger partial charge >= 0.3 is 0 Å². The zero-order chi connectivity index (χ0) is 14.7. The lowest BCUT2D eigenvalue weighted by Gasteiger charge is -2.11. The third-order valence-electron chi connectivity index (χ3n) is 2.72. The van der Waals surface area contributed by atoms with Crippen LogP contribution in [0.4, 0.5) is 5.69 Å². The molecule has 6 heteroatoms. The highest BCUT2D eigenvalue weighted by Crippen LogP contribution is 2.27. The zero-order valence-electron chi connectivity index (χ0n) is 11.8. The Kier molecular flexibility index (Phi) is 4.54. The molecule has 5 nitrogen and oxygen atoms in total. The van der Waals surface area contributed by atoms with Crippen LogP contribution >= 0.6 is 11.8 Å². The highest BCUT2D eigenvalue weighted by molar-refractivity contribution is 8.00. The van der Waals surface area contributed by atoms with Crippen LogP contribution in [0.1, 0.15) is 20.8 Å². The molecule has 0 fully saturated rings. The summed E-state index contributed by atoms with van der Waals surface area (Å²) in [7, 11) is 0. The van der Waals surface area contributed by atoms with E-state index in [-0.39, 0.29) is 11.2 Å². The second-order valence-electron chi connectivity index (χ2n) is 5.11. The summed E-state index contributed by atoms with van der Waals surface area (Å²) in [4.78, 5) is 16.2. The first-order chi connectivity index (χ1) is 9.45. The van der Waals surface area contributed by atoms with Crippen molar-refractivity contribution in [3.8, 4) is 0 Å². The summed E-state index contributed by atoms with van der Waals surface area (Å²) in [6, 6.07) is 5.32. The van der Waals surface area contributed by atoms with E-state index in [1.165, 1.54) is 11.8 Å². The van der Waals surface area contributed by atoms with Crippen molar-refractivity contribution in [3.63, 3.8) is 0 Å². The van der Waals surface area contributed by atoms with Gasteiger partial charge in [0, 0.05) is 18.3 Å². The van der Waals surface area contributed by atoms with E-state index in [0.29, 0.717) is 29.0 Å². The number of nitrogens with one attached hydrogen (secondary N) is 1. The molecule has 1 amide bonds. The highest BCUT2D eigenvalue weighted by atomic mass is 32.2. The number of amides is 1. The van der Waals surface area contributed by atoms with Crippen molar-refractivity contribution in [2.45, 2.75) is 31.2 Å². The van der Waals surface area contributed by atoms with Gasteiger partial charge in [0.05, 0.1) is 5.25 Å². The number of aromatic nitrogens is 1. The van der Waals surface area contributed by atoms with E-state index in [1.54, 1.807) is 12.1 Å². The fourth-order valence-electron chi connectivity index (χ4n) is 1.62. The molecule has 0 aliphatic heterocycles. The number of nitrogens with two attached hydrogens (primary N) is 1. The van der Waals surface area contributed by atoms with E-state index >= 15 is 0 Å². The number of anilines is 1. The number of benzene rings is 1. The van der Waals surface area contributed by atoms with Crippen molar-refractivity contribution in [1.29, 1.82) is 0 Å². The first-order valence-electron chi connectivity index (χ1n) is 6.56. The van der Waals surface area contributed by atoms with Crippen molar-refractivity contribution in [2.24, 2.45) is 5.92 Å². The largest absolute Gasteiger partial charge is 0.431 e. The van der Waals surface area contributed by atoms with Gasteiger partial charge in [-0.1, -0.05) is 25.6 Å². The Morgan fingerprint density at radius 3 is 2.90 bits per heavy atom. The van der Waals surface area contributed by atoms with Gasteiger partial charge in [-0.15, -0.1) is 0 Å². The van der Waals surface area contributed by atoms with Gasteiger partial charge in [-0.3, -0.25) is 4.79 Å². The summed E-state index contributed by atoms with van der Waals surface area (Å²) in [5.74, 6) is 0.425. The van der Waals surface area contributed by atoms with E-state index < -0.39 is 0 Å². The second kappa shape index (κ2) is 6.17. The summed E-state index contributed by atoms with van der Waals surface area (Å²) in [5, 5.41) is 3.13. The molecular formula is C14H19N3O2S. The summed E-state index contributed by atoms with van der Waals surface area (Å²) in [6.07, 6.45) is 0. The Balaban J connectivity index is 2.02. The van der Waals surface area contributed by atoms with Crippen LogP contribution < -0.4 is 11.1 Å². The lowest BCUT2D eigenvalue weighted by Crippen LogP contribution is -2.33. The molecule has 0 aliphatic rings. The van der Waals surface area contributed by atoms with E-state index in [2.05, 4.69) is 24.1 Å². The lowest BCUT2D eigenvalue weighted by molar-refractivity contribution is -0.120. The summed E-state index contributed by atoms with van der Waals surface area (Å²) >= 11 is 1.30. The van der Waals surface area contributed by atoms with E-state index in [1.807, 2.05) is 13.0 Å². The van der Waals surface area contributed by atoms with Crippen LogP contribution in [0.2, 0.25) is 0 Å². The van der Waals surface area contributed by atoms with Crippen LogP contribution in [0.25, 0.3) is 11.1 Å². The third-order valence-corrected chi connectivity index (χ3v) is 3.67. The quantitative estimate of drug-likeness (QED) is 0.654. The van der Waals surface area contributed by atoms with Crippen LogP contribution in [0, 0.1) is 5.92 Å². The van der Waals surface area contributed by atoms with Gasteiger partial charge in [0.25, 0.3) is 5.22 Å². The van der Waals surface area contributed by atoms with Crippen LogP contribution in [0.3, 0.4) is 0 Å². The number of thioether (sulfide) groups is 1. The zero-order valence-corrected chi connectivity index (χ0v) is 12.7. The molecule has 0 radical (unpaired) electrons. The maximum absolute atomic E-state index is 11.9. The number of nitrogen functional groups attached to an aromatic ring is 1. The molecule has 2 aromatic rings. The van der Waals surface area contributed by atoms with E-state index in [4.69, 9.17) is 10.2 Å². The van der Waals surface area contributed by atoms with Crippen LogP contribution in [0.15, 0.2) is 27.8 Å². The molecule has 0 spiro atoms. The minimum absolute atomic E-state index is 0.00882. The van der Waals surface area contributed by atoms with Gasteiger partial charge in [-0.2, -0.15) is 0 Å². The Morgan fingerprint density at radius 1 is 1.45 bits per heavy atom. The Labute approximate surface area is 122 Å². The fraction of sp³-hybridized carbons (Fsp3) is 0.429. The minimum Gasteiger partial charge on any atom is -0.431 e. The normalized spacial score (nSPS) is 12.8. The smallest absolute Gasteiger partial charge is 0.257 e. The molecule has 3 N–H and O–H groups in total. The van der Waals surface area contributed by atoms with Gasteiger partial charge < -0.3 is 15.5 Å². The van der Waals surface area contributed by atoms with Gasteiger partial charge in [-0.05, 0) is 25.0 Å². The number of rotatable bonds is 5. The number of hydrogen-bond acceptors (Lipinski definition) is 5. The Morgan fingerprint density at radius 2 is 2.20 bits per heavy atom. The molecule has 2 rings (SSSR count). The predicted molar refractivity (Wildman–Crippen MR) is 81.6 cm³/mol. The second-order valence-corrected chi connectivity index (χ2v) is 6.40. The summed E-state index contributed by atoms with van der Waals surface area (Å²) in [6.45, 7) is 6.63. The molecule has 1 heterocycles. The molecule has 1 unspecified atom stereocenters. The minimum atomic E-state index is -0.251. The molecule has 1 aromatic carbocycles. The number of nitrogens with zero attached hydrogens (tertiary/aromatic N) is 1. The third kappa shape index (κ3) is 3.66. The van der Waals surface area contributed by atoms with E-state index in [0.717, 1.165) is 5.52 Å². The number of oxazole rings is 1. The van der Waals surface area contributed by atoms with Crippen LogP contribution in [-0.4, -0.2) is 22.7 Å². The Bertz CT molecular complexity index is 609. The monoisotopic (exact) mass is 293 g/mol. The molecule has 1 atom stereocenters. The highest BCUT2D eigenvalue weighted by Gasteiger charge is 2.18. The molecule has 20 heavy (non-hydrogen) atoms. The molecular weight excluding hydrogens is 274 g/mol. The molecule has 1 aromatic heterocycles. The number of carbonyl (C=O) groups excluding carboxylic acids is 1. The standard InChI is InChI=1S/C14H19N3O2S/c1-8(2)7-16-13(18)9(3)20-14-17-11-5-4-10(15)6-12(11)19-14/h4-6,8-9H,7,15H2,1-3H3,(H,16,18). The van der Waals surface area contributed by atoms with Crippen molar-refractivity contribution < 1.29 is 9.21 Å². The average Bonchev–Trinajstić information content (AvgIpc) is 2.76. The summed E-state index contributed by atoms with van der Waals surface area (Å²) < 4.78 is 5.59. The van der Waals surface area contributed by atoms with Crippen LogP contribution in [0.5, 0.6) is 0 Å². The van der Waals surface area contributed by atoms with Gasteiger partial charge in [0.2, 0.25) is 5.91 Å². The summed E-state index contributed by atoms with van der Waals surface area (Å²) in [5.41, 5.74) is 7.71. The predicted octanol–water partition coefficient (Wildman–Crippen LogP) is 2.66. The maximum atomic E-state index is 11.9. The molecule has 108 valence electrons. The maximum Gasteiger partial charge on any atom is 0.257 e. The van der Waals surface area contributed by atoms with Crippen molar-refractivity contribution in [2.75, 3.05) is 12.3 Å². The van der Waals surface area contributed by atoms with Crippen molar-refractivity contribution >= 4 is 34.5 Å². The number of fused-ring (bicyclic) bond motifs is 1. The van der Waals surface area contributed by atoms with Gasteiger partial charge in [-0.25, -0.2) is 4.98 Å². The van der Waals surface area contributed by atoms with Crippen LogP contribution in [-0.2, 0) is 4.79 Å². The lowest BCUT2D eigenvalue weighted by atomic mass is 10.2. The molecule has 0 aliphatic carbocycles. The van der Waals surface area contributed by atoms with Crippen molar-refractivity contribution in [3.05, 3.63) is 18.2 Å². The number of hydrogen-bond donors (Lipinski definition) is 2. The number of carbonyl (C=O) groups is 1. The average molecular weight is 293 g/mol. The van der Waals surface area contributed by atoms with Gasteiger partial charge in [0.15, 0.2) is 5.58 Å². The first-order valence-corrected chi connectivity index (χ1v) is 7.44. The van der Waals surface area contributed by atoms with E-state index in [9.17, 15) is 4.79 Å². The molecule has 0 saturated carbocycles. The molecule has 0 saturated heterocycles. The SMILES string of the molecule is CC(C)CNC(=O)C(C)Sc1nc2ccc(N)cc2o1. The molecule has 0 bridgehead atoms. The van der Waals surface area contributed by atoms with Gasteiger partial charge in [0.1, 0.15) is 5.52 Å². The first kappa shape index (κ1) is 14.7.